The molecule has 2 fully saturated rings. The lowest BCUT2D eigenvalue weighted by atomic mass is 10.1. The largest absolute Gasteiger partial charge is 0.443 e. The zero-order chi connectivity index (χ0) is 19.6. The molecule has 0 radical (unpaired) electrons. The summed E-state index contributed by atoms with van der Waals surface area (Å²) in [4.78, 5) is 32.9. The van der Waals surface area contributed by atoms with Gasteiger partial charge < -0.3 is 9.64 Å². The van der Waals surface area contributed by atoms with E-state index in [1.165, 1.54) is 0 Å². The van der Waals surface area contributed by atoms with Gasteiger partial charge >= 0.3 is 6.09 Å². The van der Waals surface area contributed by atoms with E-state index in [0.29, 0.717) is 5.82 Å². The highest BCUT2D eigenvalue weighted by Crippen LogP contribution is 2.33. The van der Waals surface area contributed by atoms with Gasteiger partial charge in [0.2, 0.25) is 5.91 Å². The molecular weight excluding hydrogens is 342 g/mol. The molecule has 0 N–H and O–H groups in total. The Bertz CT molecular complexity index is 675. The van der Waals surface area contributed by atoms with Crippen molar-refractivity contribution in [3.05, 3.63) is 23.9 Å². The number of aromatic nitrogens is 1. The van der Waals surface area contributed by atoms with Gasteiger partial charge in [0, 0.05) is 25.7 Å². The highest BCUT2D eigenvalue weighted by molar-refractivity contribution is 5.87. The van der Waals surface area contributed by atoms with Crippen LogP contribution in [-0.4, -0.2) is 40.1 Å². The third-order valence-electron chi connectivity index (χ3n) is 5.34. The summed E-state index contributed by atoms with van der Waals surface area (Å²) in [6.07, 6.45) is 7.65. The Morgan fingerprint density at radius 1 is 1.15 bits per heavy atom. The van der Waals surface area contributed by atoms with E-state index in [4.69, 9.17) is 4.74 Å². The maximum Gasteiger partial charge on any atom is 0.416 e. The van der Waals surface area contributed by atoms with E-state index < -0.39 is 5.60 Å². The van der Waals surface area contributed by atoms with Crippen LogP contribution in [0, 0.1) is 0 Å². The second-order valence-corrected chi connectivity index (χ2v) is 8.61. The Kier molecular flexibility index (Phi) is 5.72. The van der Waals surface area contributed by atoms with Crippen molar-refractivity contribution in [2.75, 3.05) is 11.4 Å². The average Bonchev–Trinajstić information content (AvgIpc) is 3.25. The summed E-state index contributed by atoms with van der Waals surface area (Å²) >= 11 is 0. The first-order chi connectivity index (χ1) is 12.8. The third kappa shape index (κ3) is 4.60. The molecule has 0 bridgehead atoms. The van der Waals surface area contributed by atoms with Crippen LogP contribution in [0.15, 0.2) is 18.3 Å². The Hall–Kier alpha value is -2.11. The Morgan fingerprint density at radius 2 is 1.85 bits per heavy atom. The minimum Gasteiger partial charge on any atom is -0.443 e. The molecule has 3 rings (SSSR count). The molecule has 1 aliphatic carbocycles. The fourth-order valence-corrected chi connectivity index (χ4v) is 4.13. The van der Waals surface area contributed by atoms with Gasteiger partial charge in [-0.05, 0) is 58.1 Å². The van der Waals surface area contributed by atoms with Gasteiger partial charge in [-0.15, -0.1) is 0 Å². The summed E-state index contributed by atoms with van der Waals surface area (Å²) in [6.45, 7) is 8.05. The van der Waals surface area contributed by atoms with Crippen molar-refractivity contribution in [2.45, 2.75) is 83.9 Å². The SMILES string of the molecule is CC(=O)N1CCC[C@H]1c1ccc(N(C(=O)OC(C)(C)C)C2CCCC2)nc1. The Morgan fingerprint density at radius 3 is 2.41 bits per heavy atom. The van der Waals surface area contributed by atoms with Crippen molar-refractivity contribution in [3.63, 3.8) is 0 Å². The van der Waals surface area contributed by atoms with E-state index in [-0.39, 0.29) is 24.1 Å². The molecule has 0 unspecified atom stereocenters. The molecule has 0 spiro atoms. The number of rotatable bonds is 3. The van der Waals surface area contributed by atoms with Crippen LogP contribution in [0.3, 0.4) is 0 Å². The molecular formula is C21H31N3O3. The quantitative estimate of drug-likeness (QED) is 0.785. The lowest BCUT2D eigenvalue weighted by molar-refractivity contribution is -0.129. The topological polar surface area (TPSA) is 62.7 Å². The van der Waals surface area contributed by atoms with Crippen LogP contribution < -0.4 is 4.90 Å². The Labute approximate surface area is 161 Å². The summed E-state index contributed by atoms with van der Waals surface area (Å²) in [5.41, 5.74) is 0.488. The summed E-state index contributed by atoms with van der Waals surface area (Å²) in [6, 6.07) is 4.12. The smallest absolute Gasteiger partial charge is 0.416 e. The summed E-state index contributed by atoms with van der Waals surface area (Å²) in [7, 11) is 0. The predicted octanol–water partition coefficient (Wildman–Crippen LogP) is 4.45. The van der Waals surface area contributed by atoms with E-state index in [1.807, 2.05) is 44.0 Å². The number of carbonyl (C=O) groups excluding carboxylic acids is 2. The van der Waals surface area contributed by atoms with Gasteiger partial charge in [0.1, 0.15) is 11.4 Å². The number of ether oxygens (including phenoxy) is 1. The number of amides is 2. The minimum absolute atomic E-state index is 0.0884. The number of hydrogen-bond donors (Lipinski definition) is 0. The van der Waals surface area contributed by atoms with Crippen LogP contribution in [0.2, 0.25) is 0 Å². The van der Waals surface area contributed by atoms with Crippen LogP contribution in [0.25, 0.3) is 0 Å². The molecule has 1 aliphatic heterocycles. The van der Waals surface area contributed by atoms with E-state index in [2.05, 4.69) is 4.98 Å². The van der Waals surface area contributed by atoms with Gasteiger partial charge in [-0.2, -0.15) is 0 Å². The maximum absolute atomic E-state index is 12.8. The third-order valence-corrected chi connectivity index (χ3v) is 5.34. The number of pyridine rings is 1. The van der Waals surface area contributed by atoms with Crippen molar-refractivity contribution in [2.24, 2.45) is 0 Å². The molecule has 1 aromatic rings. The number of anilines is 1. The van der Waals surface area contributed by atoms with Gasteiger partial charge in [0.25, 0.3) is 0 Å². The van der Waals surface area contributed by atoms with E-state index in [9.17, 15) is 9.59 Å². The summed E-state index contributed by atoms with van der Waals surface area (Å²) < 4.78 is 5.64. The van der Waals surface area contributed by atoms with Crippen LogP contribution in [-0.2, 0) is 9.53 Å². The second kappa shape index (κ2) is 7.87. The molecule has 2 heterocycles. The van der Waals surface area contributed by atoms with Gasteiger partial charge in [-0.3, -0.25) is 9.69 Å². The highest BCUT2D eigenvalue weighted by Gasteiger charge is 2.33. The van der Waals surface area contributed by atoms with Crippen molar-refractivity contribution in [3.8, 4) is 0 Å². The van der Waals surface area contributed by atoms with Crippen molar-refractivity contribution >= 4 is 17.8 Å². The lowest BCUT2D eigenvalue weighted by Gasteiger charge is -2.31. The molecule has 2 amide bonds. The molecule has 1 atom stereocenters. The molecule has 6 nitrogen and oxygen atoms in total. The lowest BCUT2D eigenvalue weighted by Crippen LogP contribution is -2.43. The number of nitrogens with zero attached hydrogens (tertiary/aromatic N) is 3. The molecule has 148 valence electrons. The van der Waals surface area contributed by atoms with Crippen molar-refractivity contribution < 1.29 is 14.3 Å². The molecule has 1 aromatic heterocycles. The average molecular weight is 373 g/mol. The molecule has 2 aliphatic rings. The summed E-state index contributed by atoms with van der Waals surface area (Å²) in [5, 5.41) is 0. The van der Waals surface area contributed by atoms with Crippen LogP contribution in [0.4, 0.5) is 10.6 Å². The van der Waals surface area contributed by atoms with E-state index in [0.717, 1.165) is 50.6 Å². The molecule has 1 saturated heterocycles. The predicted molar refractivity (Wildman–Crippen MR) is 105 cm³/mol. The molecule has 27 heavy (non-hydrogen) atoms. The van der Waals surface area contributed by atoms with Gasteiger partial charge in [0.15, 0.2) is 0 Å². The van der Waals surface area contributed by atoms with Crippen LogP contribution >= 0.6 is 0 Å². The van der Waals surface area contributed by atoms with Crippen molar-refractivity contribution in [1.82, 2.24) is 9.88 Å². The van der Waals surface area contributed by atoms with Crippen LogP contribution in [0.1, 0.15) is 77.8 Å². The highest BCUT2D eigenvalue weighted by atomic mass is 16.6. The second-order valence-electron chi connectivity index (χ2n) is 8.61. The first-order valence-electron chi connectivity index (χ1n) is 10.0. The first kappa shape index (κ1) is 19.6. The fraction of sp³-hybridized carbons (Fsp3) is 0.667. The number of hydrogen-bond acceptors (Lipinski definition) is 4. The van der Waals surface area contributed by atoms with Crippen molar-refractivity contribution in [1.29, 1.82) is 0 Å². The van der Waals surface area contributed by atoms with E-state index >= 15 is 0 Å². The monoisotopic (exact) mass is 373 g/mol. The Balaban J connectivity index is 1.82. The maximum atomic E-state index is 12.8. The normalized spacial score (nSPS) is 20.7. The van der Waals surface area contributed by atoms with Gasteiger partial charge in [0.05, 0.1) is 6.04 Å². The molecule has 0 aromatic carbocycles. The zero-order valence-corrected chi connectivity index (χ0v) is 16.9. The molecule has 6 heteroatoms. The first-order valence-corrected chi connectivity index (χ1v) is 10.0. The summed E-state index contributed by atoms with van der Waals surface area (Å²) in [5.74, 6) is 0.732. The number of likely N-dealkylation sites (tertiary alicyclic amines) is 1. The minimum atomic E-state index is -0.542. The standard InChI is InChI=1S/C21H31N3O3/c1-15(25)23-13-7-10-18(23)16-11-12-19(22-14-16)24(17-8-5-6-9-17)20(26)27-21(2,3)4/h11-12,14,17-18H,5-10,13H2,1-4H3/t18-/m0/s1. The fourth-order valence-electron chi connectivity index (χ4n) is 4.13. The van der Waals surface area contributed by atoms with E-state index in [1.54, 1.807) is 11.8 Å². The van der Waals surface area contributed by atoms with Gasteiger partial charge in [-0.25, -0.2) is 9.78 Å². The molecule has 1 saturated carbocycles. The van der Waals surface area contributed by atoms with Gasteiger partial charge in [-0.1, -0.05) is 18.9 Å². The number of carbonyl (C=O) groups is 2. The van der Waals surface area contributed by atoms with Crippen LogP contribution in [0.5, 0.6) is 0 Å². The zero-order valence-electron chi connectivity index (χ0n) is 16.9.